The molecular weight excluding hydrogens is 461 g/mol. The van der Waals surface area contributed by atoms with Crippen molar-refractivity contribution in [1.82, 2.24) is 20.6 Å². The zero-order valence-corrected chi connectivity index (χ0v) is 17.7. The standard InChI is InChI=1S/C19H22ClN5.HI/c1-2-21-19(25-13-16-5-3-4-9-22-16)23-10-8-14-12-24-18-7-6-15(20)11-17(14)18;/h3-7,9,11-12,24H,2,8,10,13H2,1H3,(H2,21,23,25);1H. The van der Waals surface area contributed by atoms with Crippen LogP contribution in [0.4, 0.5) is 0 Å². The maximum atomic E-state index is 6.11. The molecule has 26 heavy (non-hydrogen) atoms. The number of guanidine groups is 1. The second-order valence-corrected chi connectivity index (χ2v) is 6.13. The van der Waals surface area contributed by atoms with Crippen LogP contribution in [0.2, 0.25) is 5.02 Å². The lowest BCUT2D eigenvalue weighted by molar-refractivity contribution is 0.798. The van der Waals surface area contributed by atoms with Gasteiger partial charge in [0.1, 0.15) is 0 Å². The van der Waals surface area contributed by atoms with Gasteiger partial charge in [0.05, 0.1) is 12.2 Å². The van der Waals surface area contributed by atoms with Gasteiger partial charge in [-0.3, -0.25) is 4.98 Å². The Morgan fingerprint density at radius 1 is 1.23 bits per heavy atom. The van der Waals surface area contributed by atoms with Crippen molar-refractivity contribution in [3.8, 4) is 0 Å². The van der Waals surface area contributed by atoms with Crippen LogP contribution in [0, 0.1) is 0 Å². The van der Waals surface area contributed by atoms with Crippen molar-refractivity contribution >= 4 is 52.4 Å². The molecule has 0 aliphatic rings. The molecule has 0 saturated carbocycles. The van der Waals surface area contributed by atoms with E-state index in [0.717, 1.165) is 41.7 Å². The molecule has 0 saturated heterocycles. The lowest BCUT2D eigenvalue weighted by Gasteiger charge is -2.11. The average Bonchev–Trinajstić information content (AvgIpc) is 3.03. The maximum Gasteiger partial charge on any atom is 0.191 e. The van der Waals surface area contributed by atoms with Crippen molar-refractivity contribution in [1.29, 1.82) is 0 Å². The fraction of sp³-hybridized carbons (Fsp3) is 0.263. The summed E-state index contributed by atoms with van der Waals surface area (Å²) in [6, 6.07) is 11.8. The second kappa shape index (κ2) is 10.4. The smallest absolute Gasteiger partial charge is 0.191 e. The Bertz CT molecular complexity index is 848. The van der Waals surface area contributed by atoms with Crippen molar-refractivity contribution < 1.29 is 0 Å². The first-order valence-corrected chi connectivity index (χ1v) is 8.81. The Kier molecular flexibility index (Phi) is 8.18. The Labute approximate surface area is 175 Å². The quantitative estimate of drug-likeness (QED) is 0.281. The van der Waals surface area contributed by atoms with E-state index in [0.29, 0.717) is 6.54 Å². The first kappa shape index (κ1) is 20.5. The van der Waals surface area contributed by atoms with Crippen LogP contribution in [0.3, 0.4) is 0 Å². The van der Waals surface area contributed by atoms with Crippen LogP contribution >= 0.6 is 35.6 Å². The molecular formula is C19H23ClIN5. The normalized spacial score (nSPS) is 11.2. The molecule has 7 heteroatoms. The summed E-state index contributed by atoms with van der Waals surface area (Å²) in [7, 11) is 0. The molecule has 2 aromatic heterocycles. The Morgan fingerprint density at radius 2 is 2.12 bits per heavy atom. The van der Waals surface area contributed by atoms with Gasteiger partial charge in [-0.25, -0.2) is 4.99 Å². The van der Waals surface area contributed by atoms with E-state index in [9.17, 15) is 0 Å². The summed E-state index contributed by atoms with van der Waals surface area (Å²) in [6.07, 6.45) is 4.71. The van der Waals surface area contributed by atoms with Gasteiger partial charge in [0.25, 0.3) is 0 Å². The summed E-state index contributed by atoms with van der Waals surface area (Å²) < 4.78 is 0. The molecule has 0 unspecified atom stereocenters. The maximum absolute atomic E-state index is 6.11. The summed E-state index contributed by atoms with van der Waals surface area (Å²) in [4.78, 5) is 12.2. The number of aliphatic imine (C=N–C) groups is 1. The predicted molar refractivity (Wildman–Crippen MR) is 119 cm³/mol. The van der Waals surface area contributed by atoms with Gasteiger partial charge in [-0.05, 0) is 49.2 Å². The Hall–Kier alpha value is -1.80. The number of benzene rings is 1. The molecule has 3 aromatic rings. The van der Waals surface area contributed by atoms with Gasteiger partial charge in [-0.1, -0.05) is 17.7 Å². The van der Waals surface area contributed by atoms with E-state index in [2.05, 4.69) is 32.5 Å². The Morgan fingerprint density at radius 3 is 2.88 bits per heavy atom. The van der Waals surface area contributed by atoms with Crippen LogP contribution in [0.1, 0.15) is 18.2 Å². The number of hydrogen-bond acceptors (Lipinski definition) is 2. The van der Waals surface area contributed by atoms with E-state index < -0.39 is 0 Å². The number of nitrogens with zero attached hydrogens (tertiary/aromatic N) is 2. The molecule has 0 atom stereocenters. The van der Waals surface area contributed by atoms with Crippen LogP contribution in [0.15, 0.2) is 53.8 Å². The first-order valence-electron chi connectivity index (χ1n) is 8.44. The zero-order chi connectivity index (χ0) is 17.5. The van der Waals surface area contributed by atoms with Crippen molar-refractivity contribution in [3.05, 3.63) is 65.1 Å². The van der Waals surface area contributed by atoms with Crippen LogP contribution in [0.25, 0.3) is 10.9 Å². The van der Waals surface area contributed by atoms with Crippen molar-refractivity contribution in [3.63, 3.8) is 0 Å². The molecule has 5 nitrogen and oxygen atoms in total. The summed E-state index contributed by atoms with van der Waals surface area (Å²) in [5.41, 5.74) is 3.30. The number of fused-ring (bicyclic) bond motifs is 1. The minimum atomic E-state index is 0. The lowest BCUT2D eigenvalue weighted by Crippen LogP contribution is -2.38. The highest BCUT2D eigenvalue weighted by Gasteiger charge is 2.05. The third-order valence-electron chi connectivity index (χ3n) is 3.89. The number of hydrogen-bond donors (Lipinski definition) is 3. The number of rotatable bonds is 6. The number of aromatic nitrogens is 2. The van der Waals surface area contributed by atoms with Gasteiger partial charge >= 0.3 is 0 Å². The fourth-order valence-corrected chi connectivity index (χ4v) is 2.84. The van der Waals surface area contributed by atoms with E-state index in [1.807, 2.05) is 42.6 Å². The third kappa shape index (κ3) is 5.60. The van der Waals surface area contributed by atoms with E-state index >= 15 is 0 Å². The highest BCUT2D eigenvalue weighted by atomic mass is 127. The lowest BCUT2D eigenvalue weighted by atomic mass is 10.1. The topological polar surface area (TPSA) is 65.1 Å². The predicted octanol–water partition coefficient (Wildman–Crippen LogP) is 4.13. The van der Waals surface area contributed by atoms with Crippen molar-refractivity contribution in [2.45, 2.75) is 19.9 Å². The number of pyridine rings is 1. The number of H-pyrrole nitrogens is 1. The van der Waals surface area contributed by atoms with Crippen LogP contribution < -0.4 is 10.6 Å². The molecule has 0 fully saturated rings. The van der Waals surface area contributed by atoms with E-state index in [1.54, 1.807) is 6.20 Å². The summed E-state index contributed by atoms with van der Waals surface area (Å²) in [5, 5.41) is 8.56. The summed E-state index contributed by atoms with van der Waals surface area (Å²) >= 11 is 6.11. The van der Waals surface area contributed by atoms with Gasteiger partial charge in [0.2, 0.25) is 0 Å². The largest absolute Gasteiger partial charge is 0.361 e. The van der Waals surface area contributed by atoms with Gasteiger partial charge in [-0.2, -0.15) is 0 Å². The van der Waals surface area contributed by atoms with Crippen molar-refractivity contribution in [2.24, 2.45) is 4.99 Å². The molecule has 2 heterocycles. The first-order chi connectivity index (χ1) is 12.3. The third-order valence-corrected chi connectivity index (χ3v) is 4.12. The summed E-state index contributed by atoms with van der Waals surface area (Å²) in [5.74, 6) is 0.797. The molecule has 0 aliphatic heterocycles. The molecule has 0 bridgehead atoms. The minimum absolute atomic E-state index is 0. The van der Waals surface area contributed by atoms with Crippen LogP contribution in [-0.2, 0) is 13.0 Å². The highest BCUT2D eigenvalue weighted by molar-refractivity contribution is 14.0. The van der Waals surface area contributed by atoms with E-state index in [-0.39, 0.29) is 24.0 Å². The molecule has 0 radical (unpaired) electrons. The molecule has 3 rings (SSSR count). The molecule has 138 valence electrons. The molecule has 3 N–H and O–H groups in total. The number of nitrogens with one attached hydrogen (secondary N) is 3. The van der Waals surface area contributed by atoms with Gasteiger partial charge in [0, 0.05) is 41.4 Å². The van der Waals surface area contributed by atoms with Crippen LogP contribution in [-0.4, -0.2) is 29.0 Å². The average molecular weight is 484 g/mol. The summed E-state index contributed by atoms with van der Waals surface area (Å²) in [6.45, 7) is 4.21. The molecule has 0 spiro atoms. The molecule has 0 amide bonds. The van der Waals surface area contributed by atoms with E-state index in [4.69, 9.17) is 11.6 Å². The zero-order valence-electron chi connectivity index (χ0n) is 14.6. The molecule has 1 aromatic carbocycles. The number of aromatic amines is 1. The SMILES string of the molecule is CCNC(=NCc1ccccn1)NCCc1c[nH]c2ccc(Cl)cc12.I. The fourth-order valence-electron chi connectivity index (χ4n) is 2.67. The van der Waals surface area contributed by atoms with Crippen LogP contribution in [0.5, 0.6) is 0 Å². The van der Waals surface area contributed by atoms with Crippen molar-refractivity contribution in [2.75, 3.05) is 13.1 Å². The monoisotopic (exact) mass is 483 g/mol. The Balaban J connectivity index is 0.00000243. The van der Waals surface area contributed by atoms with Gasteiger partial charge < -0.3 is 15.6 Å². The van der Waals surface area contributed by atoms with Gasteiger partial charge in [0.15, 0.2) is 5.96 Å². The highest BCUT2D eigenvalue weighted by Crippen LogP contribution is 2.22. The van der Waals surface area contributed by atoms with E-state index in [1.165, 1.54) is 10.9 Å². The minimum Gasteiger partial charge on any atom is -0.361 e. The number of halogens is 2. The van der Waals surface area contributed by atoms with Gasteiger partial charge in [-0.15, -0.1) is 24.0 Å². The second-order valence-electron chi connectivity index (χ2n) is 5.70. The molecule has 0 aliphatic carbocycles.